The van der Waals surface area contributed by atoms with Gasteiger partial charge in [0.15, 0.2) is 0 Å². The number of halogens is 1. The molecule has 0 heterocycles. The van der Waals surface area contributed by atoms with Crippen molar-refractivity contribution in [1.29, 1.82) is 0 Å². The molecule has 0 fully saturated rings. The SMILES string of the molecule is CCCCCCCCCCCCCCCCCC[N+](C)(C)CCSCCCC.[Br-]. The van der Waals surface area contributed by atoms with Crippen molar-refractivity contribution in [2.24, 2.45) is 0 Å². The molecule has 0 bridgehead atoms. The summed E-state index contributed by atoms with van der Waals surface area (Å²) in [6, 6.07) is 0. The van der Waals surface area contributed by atoms with E-state index >= 15 is 0 Å². The van der Waals surface area contributed by atoms with Crippen LogP contribution in [-0.2, 0) is 0 Å². The van der Waals surface area contributed by atoms with E-state index in [4.69, 9.17) is 0 Å². The first-order chi connectivity index (χ1) is 13.6. The van der Waals surface area contributed by atoms with Gasteiger partial charge in [0, 0.05) is 5.75 Å². The van der Waals surface area contributed by atoms with E-state index < -0.39 is 0 Å². The molecule has 0 saturated heterocycles. The van der Waals surface area contributed by atoms with E-state index in [1.165, 1.54) is 145 Å². The largest absolute Gasteiger partial charge is 1.00 e. The molecule has 0 spiro atoms. The third-order valence-electron chi connectivity index (χ3n) is 6.10. The van der Waals surface area contributed by atoms with Crippen LogP contribution in [0.3, 0.4) is 0 Å². The van der Waals surface area contributed by atoms with Crippen LogP contribution in [0.25, 0.3) is 0 Å². The summed E-state index contributed by atoms with van der Waals surface area (Å²) in [6.45, 7) is 7.30. The Hall–Kier alpha value is 0.790. The minimum atomic E-state index is 0. The number of rotatable bonds is 23. The number of hydrogen-bond acceptors (Lipinski definition) is 1. The Morgan fingerprint density at radius 2 is 0.828 bits per heavy atom. The summed E-state index contributed by atoms with van der Waals surface area (Å²) >= 11 is 2.15. The Labute approximate surface area is 200 Å². The lowest BCUT2D eigenvalue weighted by Gasteiger charge is -2.29. The maximum absolute atomic E-state index is 2.42. The lowest BCUT2D eigenvalue weighted by molar-refractivity contribution is -0.888. The zero-order valence-corrected chi connectivity index (χ0v) is 23.2. The van der Waals surface area contributed by atoms with E-state index in [9.17, 15) is 0 Å². The fourth-order valence-electron chi connectivity index (χ4n) is 3.86. The molecule has 0 aromatic carbocycles. The number of thioether (sulfide) groups is 1. The highest BCUT2D eigenvalue weighted by atomic mass is 79.9. The van der Waals surface area contributed by atoms with Crippen LogP contribution < -0.4 is 17.0 Å². The minimum absolute atomic E-state index is 0. The van der Waals surface area contributed by atoms with Crippen molar-refractivity contribution in [3.05, 3.63) is 0 Å². The molecule has 1 nitrogen and oxygen atoms in total. The zero-order chi connectivity index (χ0) is 20.8. The van der Waals surface area contributed by atoms with E-state index in [-0.39, 0.29) is 17.0 Å². The van der Waals surface area contributed by atoms with Crippen LogP contribution in [0.1, 0.15) is 129 Å². The van der Waals surface area contributed by atoms with Crippen LogP contribution in [0.4, 0.5) is 0 Å². The van der Waals surface area contributed by atoms with Crippen molar-refractivity contribution < 1.29 is 21.5 Å². The average Bonchev–Trinajstić information content (AvgIpc) is 2.67. The van der Waals surface area contributed by atoms with E-state index in [2.05, 4.69) is 39.7 Å². The monoisotopic (exact) mass is 493 g/mol. The first kappa shape index (κ1) is 32.0. The molecular formula is C26H56BrNS. The van der Waals surface area contributed by atoms with Crippen molar-refractivity contribution in [2.45, 2.75) is 129 Å². The molecule has 0 radical (unpaired) electrons. The highest BCUT2D eigenvalue weighted by Crippen LogP contribution is 2.14. The Kier molecular flexibility index (Phi) is 27.6. The standard InChI is InChI=1S/C26H56NS.BrH/c1-5-7-9-10-11-12-13-14-15-16-17-18-19-20-21-22-23-27(3,4)24-26-28-25-8-6-2;/h5-26H2,1-4H3;1H/q+1;/p-1. The Morgan fingerprint density at radius 3 is 1.24 bits per heavy atom. The normalized spacial score (nSPS) is 11.6. The molecule has 0 saturated carbocycles. The maximum Gasteiger partial charge on any atom is 0.0874 e. The van der Waals surface area contributed by atoms with Gasteiger partial charge >= 0.3 is 0 Å². The third kappa shape index (κ3) is 26.8. The van der Waals surface area contributed by atoms with Gasteiger partial charge in [-0.3, -0.25) is 0 Å². The summed E-state index contributed by atoms with van der Waals surface area (Å²) in [6.07, 6.45) is 26.1. The number of nitrogens with zero attached hydrogens (tertiary/aromatic N) is 1. The fraction of sp³-hybridized carbons (Fsp3) is 1.00. The molecule has 0 aromatic heterocycles. The molecule has 3 heteroatoms. The van der Waals surface area contributed by atoms with Crippen LogP contribution in [0.2, 0.25) is 0 Å². The predicted octanol–water partition coefficient (Wildman–Crippen LogP) is 5.86. The van der Waals surface area contributed by atoms with E-state index in [0.717, 1.165) is 0 Å². The van der Waals surface area contributed by atoms with Gasteiger partial charge in [0.25, 0.3) is 0 Å². The zero-order valence-electron chi connectivity index (χ0n) is 20.8. The van der Waals surface area contributed by atoms with Crippen molar-refractivity contribution in [3.63, 3.8) is 0 Å². The van der Waals surface area contributed by atoms with Crippen LogP contribution in [0, 0.1) is 0 Å². The van der Waals surface area contributed by atoms with Crippen molar-refractivity contribution in [1.82, 2.24) is 0 Å². The highest BCUT2D eigenvalue weighted by Gasteiger charge is 2.13. The molecule has 0 aliphatic carbocycles. The molecule has 0 N–H and O–H groups in total. The predicted molar refractivity (Wildman–Crippen MR) is 134 cm³/mol. The molecule has 178 valence electrons. The van der Waals surface area contributed by atoms with E-state index in [1.54, 1.807) is 0 Å². The number of unbranched alkanes of at least 4 members (excludes halogenated alkanes) is 16. The molecule has 0 aromatic rings. The second kappa shape index (κ2) is 25.1. The van der Waals surface area contributed by atoms with Crippen molar-refractivity contribution in [3.8, 4) is 0 Å². The molecule has 0 atom stereocenters. The lowest BCUT2D eigenvalue weighted by atomic mass is 10.0. The van der Waals surface area contributed by atoms with Crippen molar-refractivity contribution >= 4 is 11.8 Å². The Balaban J connectivity index is 0. The van der Waals surface area contributed by atoms with Gasteiger partial charge in [0.2, 0.25) is 0 Å². The lowest BCUT2D eigenvalue weighted by Crippen LogP contribution is -3.00. The quantitative estimate of drug-likeness (QED) is 0.127. The molecule has 0 aliphatic heterocycles. The molecule has 29 heavy (non-hydrogen) atoms. The van der Waals surface area contributed by atoms with Gasteiger partial charge in [-0.25, -0.2) is 0 Å². The molecule has 0 amide bonds. The number of quaternary nitrogens is 1. The highest BCUT2D eigenvalue weighted by molar-refractivity contribution is 7.99. The van der Waals surface area contributed by atoms with E-state index in [1.807, 2.05) is 0 Å². The topological polar surface area (TPSA) is 0 Å². The van der Waals surface area contributed by atoms with Gasteiger partial charge in [0.1, 0.15) is 0 Å². The Bertz CT molecular complexity index is 296. The summed E-state index contributed by atoms with van der Waals surface area (Å²) in [5, 5.41) is 0. The maximum atomic E-state index is 2.42. The molecule has 0 rings (SSSR count). The van der Waals surface area contributed by atoms with Gasteiger partial charge in [0.05, 0.1) is 27.2 Å². The van der Waals surface area contributed by atoms with Gasteiger partial charge in [-0.05, 0) is 25.0 Å². The van der Waals surface area contributed by atoms with Gasteiger partial charge in [-0.2, -0.15) is 11.8 Å². The average molecular weight is 495 g/mol. The Morgan fingerprint density at radius 1 is 0.448 bits per heavy atom. The fourth-order valence-corrected chi connectivity index (χ4v) is 5.18. The second-order valence-corrected chi connectivity index (χ2v) is 10.9. The number of hydrogen-bond donors (Lipinski definition) is 0. The first-order valence-corrected chi connectivity index (χ1v) is 14.2. The third-order valence-corrected chi connectivity index (χ3v) is 7.15. The van der Waals surface area contributed by atoms with Gasteiger partial charge in [-0.1, -0.05) is 110 Å². The smallest absolute Gasteiger partial charge is 0.0874 e. The van der Waals surface area contributed by atoms with Crippen LogP contribution >= 0.6 is 11.8 Å². The van der Waals surface area contributed by atoms with E-state index in [0.29, 0.717) is 0 Å². The molecule has 0 aliphatic rings. The first-order valence-electron chi connectivity index (χ1n) is 13.0. The van der Waals surface area contributed by atoms with Crippen LogP contribution in [0.5, 0.6) is 0 Å². The molecular weight excluding hydrogens is 438 g/mol. The van der Waals surface area contributed by atoms with Crippen LogP contribution in [-0.4, -0.2) is 43.2 Å². The van der Waals surface area contributed by atoms with Crippen molar-refractivity contribution in [2.75, 3.05) is 38.7 Å². The van der Waals surface area contributed by atoms with Gasteiger partial charge in [-0.15, -0.1) is 0 Å². The van der Waals surface area contributed by atoms with Crippen LogP contribution in [0.15, 0.2) is 0 Å². The minimum Gasteiger partial charge on any atom is -1.00 e. The summed E-state index contributed by atoms with van der Waals surface area (Å²) in [5.41, 5.74) is 0. The summed E-state index contributed by atoms with van der Waals surface area (Å²) in [4.78, 5) is 0. The summed E-state index contributed by atoms with van der Waals surface area (Å²) < 4.78 is 1.22. The molecule has 0 unspecified atom stereocenters. The van der Waals surface area contributed by atoms with Gasteiger partial charge < -0.3 is 21.5 Å². The second-order valence-electron chi connectivity index (χ2n) is 9.65. The summed E-state index contributed by atoms with van der Waals surface area (Å²) in [5.74, 6) is 2.70. The summed E-state index contributed by atoms with van der Waals surface area (Å²) in [7, 11) is 4.84.